The lowest BCUT2D eigenvalue weighted by atomic mass is 10.2. The van der Waals surface area contributed by atoms with E-state index in [9.17, 15) is 4.39 Å². The van der Waals surface area contributed by atoms with Gasteiger partial charge in [-0.2, -0.15) is 0 Å². The van der Waals surface area contributed by atoms with Crippen molar-refractivity contribution in [3.8, 4) is 11.8 Å². The summed E-state index contributed by atoms with van der Waals surface area (Å²) in [6.45, 7) is -0.274. The maximum atomic E-state index is 11.7. The average molecular weight is 162 g/mol. The van der Waals surface area contributed by atoms with E-state index in [1.54, 1.807) is 0 Å². The molecule has 0 N–H and O–H groups in total. The van der Waals surface area contributed by atoms with Gasteiger partial charge >= 0.3 is 0 Å². The highest BCUT2D eigenvalue weighted by molar-refractivity contribution is 5.33. The van der Waals surface area contributed by atoms with Crippen molar-refractivity contribution in [2.75, 3.05) is 6.67 Å². The van der Waals surface area contributed by atoms with E-state index in [0.29, 0.717) is 12.8 Å². The highest BCUT2D eigenvalue weighted by Crippen LogP contribution is 1.95. The predicted molar refractivity (Wildman–Crippen MR) is 48.5 cm³/mol. The highest BCUT2D eigenvalue weighted by atomic mass is 19.1. The largest absolute Gasteiger partial charge is 0.251 e. The molecule has 1 aromatic carbocycles. The van der Waals surface area contributed by atoms with Crippen LogP contribution in [0.3, 0.4) is 0 Å². The molecule has 0 aliphatic heterocycles. The summed E-state index contributed by atoms with van der Waals surface area (Å²) in [4.78, 5) is 0. The third kappa shape index (κ3) is 3.21. The van der Waals surface area contributed by atoms with Gasteiger partial charge < -0.3 is 0 Å². The lowest BCUT2D eigenvalue weighted by Crippen LogP contribution is -1.74. The molecule has 0 saturated carbocycles. The molecule has 1 aromatic rings. The molecule has 0 bridgehead atoms. The van der Waals surface area contributed by atoms with Gasteiger partial charge in [0, 0.05) is 12.0 Å². The minimum atomic E-state index is -0.274. The Morgan fingerprint density at radius 1 is 1.17 bits per heavy atom. The first kappa shape index (κ1) is 8.80. The van der Waals surface area contributed by atoms with Crippen molar-refractivity contribution in [2.45, 2.75) is 12.8 Å². The van der Waals surface area contributed by atoms with Crippen LogP contribution in [0.25, 0.3) is 0 Å². The summed E-state index contributed by atoms with van der Waals surface area (Å²) in [7, 11) is 0. The van der Waals surface area contributed by atoms with Gasteiger partial charge in [-0.3, -0.25) is 4.39 Å². The number of halogens is 1. The molecule has 0 fully saturated rings. The summed E-state index contributed by atoms with van der Waals surface area (Å²) in [6.07, 6.45) is 1.19. The zero-order valence-electron chi connectivity index (χ0n) is 6.89. The first-order valence-electron chi connectivity index (χ1n) is 4.03. The molecule has 0 atom stereocenters. The van der Waals surface area contributed by atoms with Crippen molar-refractivity contribution < 1.29 is 4.39 Å². The molecule has 62 valence electrons. The van der Waals surface area contributed by atoms with Crippen LogP contribution >= 0.6 is 0 Å². The van der Waals surface area contributed by atoms with Gasteiger partial charge in [-0.05, 0) is 18.6 Å². The number of alkyl halides is 1. The molecule has 0 amide bonds. The molecule has 0 unspecified atom stereocenters. The zero-order chi connectivity index (χ0) is 8.65. The van der Waals surface area contributed by atoms with Crippen LogP contribution in [0.4, 0.5) is 4.39 Å². The van der Waals surface area contributed by atoms with Crippen LogP contribution in [-0.2, 0) is 0 Å². The third-order valence-electron chi connectivity index (χ3n) is 1.44. The van der Waals surface area contributed by atoms with Crippen LogP contribution in [0.2, 0.25) is 0 Å². The first-order valence-corrected chi connectivity index (χ1v) is 4.03. The van der Waals surface area contributed by atoms with Gasteiger partial charge in [-0.25, -0.2) is 0 Å². The molecular weight excluding hydrogens is 151 g/mol. The molecule has 12 heavy (non-hydrogen) atoms. The second kappa shape index (κ2) is 5.37. The maximum absolute atomic E-state index is 11.7. The van der Waals surface area contributed by atoms with Crippen molar-refractivity contribution in [1.29, 1.82) is 0 Å². The van der Waals surface area contributed by atoms with E-state index in [-0.39, 0.29) is 6.67 Å². The molecule has 0 aliphatic carbocycles. The van der Waals surface area contributed by atoms with Gasteiger partial charge in [0.05, 0.1) is 6.67 Å². The zero-order valence-corrected chi connectivity index (χ0v) is 6.89. The van der Waals surface area contributed by atoms with Gasteiger partial charge in [-0.1, -0.05) is 30.0 Å². The summed E-state index contributed by atoms with van der Waals surface area (Å²) < 4.78 is 11.7. The van der Waals surface area contributed by atoms with E-state index in [0.717, 1.165) is 5.56 Å². The Balaban J connectivity index is 2.44. The average Bonchev–Trinajstić information content (AvgIpc) is 2.14. The van der Waals surface area contributed by atoms with Gasteiger partial charge in [0.1, 0.15) is 0 Å². The summed E-state index contributed by atoms with van der Waals surface area (Å²) in [5.41, 5.74) is 0.997. The summed E-state index contributed by atoms with van der Waals surface area (Å²) >= 11 is 0. The molecule has 0 aromatic heterocycles. The van der Waals surface area contributed by atoms with Crippen LogP contribution in [0.1, 0.15) is 18.4 Å². The number of hydrogen-bond acceptors (Lipinski definition) is 0. The van der Waals surface area contributed by atoms with E-state index in [1.165, 1.54) is 0 Å². The Morgan fingerprint density at radius 3 is 2.58 bits per heavy atom. The molecule has 0 saturated heterocycles. The standard InChI is InChI=1S/C11H11F/c12-10-6-2-5-9-11-7-3-1-4-8-11/h1,3-4,7-8H,2,6,10H2. The van der Waals surface area contributed by atoms with Gasteiger partial charge in [0.2, 0.25) is 0 Å². The van der Waals surface area contributed by atoms with Crippen molar-refractivity contribution in [2.24, 2.45) is 0 Å². The SMILES string of the molecule is FCCCC#Cc1ccccc1. The van der Waals surface area contributed by atoms with Crippen LogP contribution in [0, 0.1) is 11.8 Å². The van der Waals surface area contributed by atoms with Crippen LogP contribution in [0.15, 0.2) is 30.3 Å². The number of benzene rings is 1. The summed E-state index contributed by atoms with van der Waals surface area (Å²) in [5.74, 6) is 5.88. The van der Waals surface area contributed by atoms with Crippen molar-refractivity contribution >= 4 is 0 Å². The Morgan fingerprint density at radius 2 is 1.92 bits per heavy atom. The quantitative estimate of drug-likeness (QED) is 0.463. The highest BCUT2D eigenvalue weighted by Gasteiger charge is 1.81. The number of unbranched alkanes of at least 4 members (excludes halogenated alkanes) is 1. The topological polar surface area (TPSA) is 0 Å². The second-order valence-electron chi connectivity index (χ2n) is 2.46. The molecule has 0 radical (unpaired) electrons. The number of hydrogen-bond donors (Lipinski definition) is 0. The first-order chi connectivity index (χ1) is 5.93. The van der Waals surface area contributed by atoms with E-state index < -0.39 is 0 Å². The van der Waals surface area contributed by atoms with E-state index in [1.807, 2.05) is 30.3 Å². The van der Waals surface area contributed by atoms with E-state index in [4.69, 9.17) is 0 Å². The van der Waals surface area contributed by atoms with Gasteiger partial charge in [-0.15, -0.1) is 0 Å². The van der Waals surface area contributed by atoms with Gasteiger partial charge in [0.15, 0.2) is 0 Å². The normalized spacial score (nSPS) is 8.75. The fourth-order valence-corrected chi connectivity index (χ4v) is 0.841. The number of rotatable bonds is 2. The van der Waals surface area contributed by atoms with Gasteiger partial charge in [0.25, 0.3) is 0 Å². The molecule has 0 heterocycles. The Hall–Kier alpha value is -1.29. The molecule has 1 heteroatoms. The van der Waals surface area contributed by atoms with Crippen LogP contribution < -0.4 is 0 Å². The molecule has 1 rings (SSSR count). The molecule has 0 spiro atoms. The Bertz CT molecular complexity index is 266. The van der Waals surface area contributed by atoms with Crippen molar-refractivity contribution in [3.05, 3.63) is 35.9 Å². The van der Waals surface area contributed by atoms with Crippen molar-refractivity contribution in [1.82, 2.24) is 0 Å². The fourth-order valence-electron chi connectivity index (χ4n) is 0.841. The minimum absolute atomic E-state index is 0.274. The monoisotopic (exact) mass is 162 g/mol. The minimum Gasteiger partial charge on any atom is -0.251 e. The van der Waals surface area contributed by atoms with Crippen molar-refractivity contribution in [3.63, 3.8) is 0 Å². The maximum Gasteiger partial charge on any atom is 0.0903 e. The molecule has 0 nitrogen and oxygen atoms in total. The third-order valence-corrected chi connectivity index (χ3v) is 1.44. The Kier molecular flexibility index (Phi) is 3.94. The van der Waals surface area contributed by atoms with E-state index >= 15 is 0 Å². The summed E-state index contributed by atoms with van der Waals surface area (Å²) in [6, 6.07) is 9.73. The second-order valence-corrected chi connectivity index (χ2v) is 2.46. The van der Waals surface area contributed by atoms with Crippen LogP contribution in [0.5, 0.6) is 0 Å². The van der Waals surface area contributed by atoms with E-state index in [2.05, 4.69) is 11.8 Å². The lowest BCUT2D eigenvalue weighted by molar-refractivity contribution is 0.477. The fraction of sp³-hybridized carbons (Fsp3) is 0.273. The molecular formula is C11H11F. The Labute approximate surface area is 72.4 Å². The molecule has 0 aliphatic rings. The lowest BCUT2D eigenvalue weighted by Gasteiger charge is -1.86. The summed E-state index contributed by atoms with van der Waals surface area (Å²) in [5, 5.41) is 0. The smallest absolute Gasteiger partial charge is 0.0903 e. The predicted octanol–water partition coefficient (Wildman–Crippen LogP) is 2.79. The van der Waals surface area contributed by atoms with Crippen LogP contribution in [-0.4, -0.2) is 6.67 Å².